The number of nitro groups is 1. The highest BCUT2D eigenvalue weighted by Crippen LogP contribution is 2.31. The van der Waals surface area contributed by atoms with Crippen molar-refractivity contribution in [1.29, 1.82) is 0 Å². The summed E-state index contributed by atoms with van der Waals surface area (Å²) in [5.74, 6) is -0.448. The van der Waals surface area contributed by atoms with Gasteiger partial charge in [0, 0.05) is 31.4 Å². The summed E-state index contributed by atoms with van der Waals surface area (Å²) < 4.78 is 37.3. The van der Waals surface area contributed by atoms with Gasteiger partial charge in [0.15, 0.2) is 12.4 Å². The van der Waals surface area contributed by atoms with Crippen molar-refractivity contribution in [2.75, 3.05) is 39.5 Å². The van der Waals surface area contributed by atoms with E-state index in [0.29, 0.717) is 6.54 Å². The Morgan fingerprint density at radius 1 is 1.33 bits per heavy atom. The Bertz CT molecular complexity index is 939. The van der Waals surface area contributed by atoms with E-state index in [0.717, 1.165) is 31.0 Å². The maximum Gasteiger partial charge on any atom is 0.312 e. The van der Waals surface area contributed by atoms with Crippen molar-refractivity contribution < 1.29 is 27.6 Å². The molecule has 10 nitrogen and oxygen atoms in total. The molecule has 2 aliphatic rings. The zero-order valence-corrected chi connectivity index (χ0v) is 17.6. The van der Waals surface area contributed by atoms with Crippen LogP contribution in [0.3, 0.4) is 0 Å². The van der Waals surface area contributed by atoms with E-state index in [1.165, 1.54) is 16.4 Å². The smallest absolute Gasteiger partial charge is 0.312 e. The highest BCUT2D eigenvalue weighted by molar-refractivity contribution is 7.89. The third-order valence-electron chi connectivity index (χ3n) is 5.07. The molecule has 1 fully saturated rings. The summed E-state index contributed by atoms with van der Waals surface area (Å²) in [6.07, 6.45) is 4.73. The van der Waals surface area contributed by atoms with Crippen LogP contribution < -0.4 is 4.74 Å². The summed E-state index contributed by atoms with van der Waals surface area (Å²) in [6, 6.07) is 3.46. The normalized spacial score (nSPS) is 17.4. The van der Waals surface area contributed by atoms with Crippen LogP contribution in [0.25, 0.3) is 0 Å². The van der Waals surface area contributed by atoms with E-state index >= 15 is 0 Å². The SMILES string of the molecule is CCN(C(=O)COc1ccc(S(=O)(=O)N2CCOCC2)cc1[N+](=O)[O-])C1=CCCC1. The number of hydrogen-bond acceptors (Lipinski definition) is 7. The van der Waals surface area contributed by atoms with Crippen LogP contribution in [0.4, 0.5) is 5.69 Å². The van der Waals surface area contributed by atoms with E-state index in [9.17, 15) is 23.3 Å². The molecule has 0 bridgehead atoms. The van der Waals surface area contributed by atoms with Gasteiger partial charge in [-0.3, -0.25) is 14.9 Å². The zero-order valence-electron chi connectivity index (χ0n) is 16.8. The van der Waals surface area contributed by atoms with Gasteiger partial charge in [0.05, 0.1) is 23.0 Å². The van der Waals surface area contributed by atoms with Crippen LogP contribution in [0.5, 0.6) is 5.75 Å². The first kappa shape index (κ1) is 22.2. The van der Waals surface area contributed by atoms with Gasteiger partial charge in [0.25, 0.3) is 5.91 Å². The van der Waals surface area contributed by atoms with Crippen molar-refractivity contribution in [2.45, 2.75) is 31.1 Å². The second kappa shape index (κ2) is 9.54. The fourth-order valence-electron chi connectivity index (χ4n) is 3.51. The summed E-state index contributed by atoms with van der Waals surface area (Å²) >= 11 is 0. The van der Waals surface area contributed by atoms with Crippen LogP contribution in [-0.4, -0.2) is 67.9 Å². The van der Waals surface area contributed by atoms with Crippen LogP contribution in [0.15, 0.2) is 34.9 Å². The third kappa shape index (κ3) is 4.79. The van der Waals surface area contributed by atoms with Gasteiger partial charge >= 0.3 is 5.69 Å². The predicted molar refractivity (Wildman–Crippen MR) is 107 cm³/mol. The minimum atomic E-state index is -3.88. The molecule has 0 saturated carbocycles. The first-order chi connectivity index (χ1) is 14.3. The Morgan fingerprint density at radius 3 is 2.67 bits per heavy atom. The largest absolute Gasteiger partial charge is 0.477 e. The average molecular weight is 439 g/mol. The lowest BCUT2D eigenvalue weighted by Gasteiger charge is -2.26. The molecule has 0 atom stereocenters. The van der Waals surface area contributed by atoms with Crippen molar-refractivity contribution >= 4 is 21.6 Å². The molecule has 0 aromatic heterocycles. The Balaban J connectivity index is 1.77. The predicted octanol–water partition coefficient (Wildman–Crippen LogP) is 1.91. The molecule has 3 rings (SSSR count). The maximum absolute atomic E-state index is 12.8. The van der Waals surface area contributed by atoms with E-state index < -0.39 is 20.6 Å². The quantitative estimate of drug-likeness (QED) is 0.448. The molecule has 1 aromatic carbocycles. The third-order valence-corrected chi connectivity index (χ3v) is 6.96. The molecule has 11 heteroatoms. The Labute approximate surface area is 175 Å². The fourth-order valence-corrected chi connectivity index (χ4v) is 4.94. The van der Waals surface area contributed by atoms with E-state index in [1.807, 2.05) is 13.0 Å². The fraction of sp³-hybridized carbons (Fsp3) is 0.526. The summed E-state index contributed by atoms with van der Waals surface area (Å²) in [5, 5.41) is 11.5. The summed E-state index contributed by atoms with van der Waals surface area (Å²) in [5.41, 5.74) is 0.438. The number of carbonyl (C=O) groups is 1. The number of ether oxygens (including phenoxy) is 2. The van der Waals surface area contributed by atoms with E-state index in [1.54, 1.807) is 4.90 Å². The van der Waals surface area contributed by atoms with Crippen molar-refractivity contribution in [3.05, 3.63) is 40.1 Å². The second-order valence-corrected chi connectivity index (χ2v) is 8.86. The second-order valence-electron chi connectivity index (χ2n) is 6.92. The summed E-state index contributed by atoms with van der Waals surface area (Å²) in [6.45, 7) is 2.88. The monoisotopic (exact) mass is 439 g/mol. The lowest BCUT2D eigenvalue weighted by Crippen LogP contribution is -2.40. The molecular formula is C19H25N3O7S. The zero-order chi connectivity index (χ0) is 21.7. The highest BCUT2D eigenvalue weighted by atomic mass is 32.2. The van der Waals surface area contributed by atoms with Gasteiger partial charge in [-0.2, -0.15) is 4.31 Å². The van der Waals surface area contributed by atoms with E-state index in [2.05, 4.69) is 0 Å². The summed E-state index contributed by atoms with van der Waals surface area (Å²) in [4.78, 5) is 24.7. The number of morpholine rings is 1. The number of likely N-dealkylation sites (N-methyl/N-ethyl adjacent to an activating group) is 1. The van der Waals surface area contributed by atoms with E-state index in [4.69, 9.17) is 9.47 Å². The Kier molecular flexibility index (Phi) is 7.06. The van der Waals surface area contributed by atoms with Gasteiger partial charge in [-0.25, -0.2) is 8.42 Å². The number of rotatable bonds is 8. The van der Waals surface area contributed by atoms with Crippen molar-refractivity contribution in [3.63, 3.8) is 0 Å². The Morgan fingerprint density at radius 2 is 2.07 bits per heavy atom. The molecule has 0 spiro atoms. The molecule has 1 aliphatic heterocycles. The lowest BCUT2D eigenvalue weighted by atomic mass is 10.3. The minimum Gasteiger partial charge on any atom is -0.477 e. The van der Waals surface area contributed by atoms with Crippen molar-refractivity contribution in [2.24, 2.45) is 0 Å². The molecule has 0 unspecified atom stereocenters. The topological polar surface area (TPSA) is 119 Å². The molecule has 1 aliphatic carbocycles. The molecule has 164 valence electrons. The number of hydrogen-bond donors (Lipinski definition) is 0. The number of nitrogens with zero attached hydrogens (tertiary/aromatic N) is 3. The van der Waals surface area contributed by atoms with Gasteiger partial charge in [-0.05, 0) is 38.3 Å². The van der Waals surface area contributed by atoms with Crippen LogP contribution in [0, 0.1) is 10.1 Å². The number of nitro benzene ring substituents is 1. The number of allylic oxidation sites excluding steroid dienone is 2. The van der Waals surface area contributed by atoms with Gasteiger partial charge in [0.2, 0.25) is 10.0 Å². The van der Waals surface area contributed by atoms with Crippen molar-refractivity contribution in [1.82, 2.24) is 9.21 Å². The van der Waals surface area contributed by atoms with Crippen molar-refractivity contribution in [3.8, 4) is 5.75 Å². The van der Waals surface area contributed by atoms with Gasteiger partial charge in [-0.15, -0.1) is 0 Å². The lowest BCUT2D eigenvalue weighted by molar-refractivity contribution is -0.386. The van der Waals surface area contributed by atoms with Crippen LogP contribution >= 0.6 is 0 Å². The van der Waals surface area contributed by atoms with Crippen LogP contribution in [-0.2, 0) is 19.6 Å². The minimum absolute atomic E-state index is 0.147. The van der Waals surface area contributed by atoms with Gasteiger partial charge < -0.3 is 14.4 Å². The molecule has 1 amide bonds. The Hall–Kier alpha value is -2.50. The van der Waals surface area contributed by atoms with Crippen LogP contribution in [0.2, 0.25) is 0 Å². The summed E-state index contributed by atoms with van der Waals surface area (Å²) in [7, 11) is -3.88. The number of amides is 1. The number of carbonyl (C=O) groups excluding carboxylic acids is 1. The maximum atomic E-state index is 12.8. The molecule has 1 heterocycles. The number of benzene rings is 1. The average Bonchev–Trinajstić information content (AvgIpc) is 3.27. The molecule has 0 radical (unpaired) electrons. The first-order valence-electron chi connectivity index (χ1n) is 9.83. The first-order valence-corrected chi connectivity index (χ1v) is 11.3. The molecule has 0 N–H and O–H groups in total. The number of sulfonamides is 1. The molecule has 1 aromatic rings. The van der Waals surface area contributed by atoms with Crippen LogP contribution in [0.1, 0.15) is 26.2 Å². The van der Waals surface area contributed by atoms with E-state index in [-0.39, 0.29) is 49.5 Å². The van der Waals surface area contributed by atoms with Gasteiger partial charge in [0.1, 0.15) is 0 Å². The molecular weight excluding hydrogens is 414 g/mol. The molecule has 1 saturated heterocycles. The van der Waals surface area contributed by atoms with Gasteiger partial charge in [-0.1, -0.05) is 6.08 Å². The standard InChI is InChI=1S/C19H25N3O7S/c1-2-21(15-5-3-4-6-15)19(23)14-29-18-8-7-16(13-17(18)22(24)25)30(26,27)20-9-11-28-12-10-20/h5,7-8,13H,2-4,6,9-12,14H2,1H3. The highest BCUT2D eigenvalue weighted by Gasteiger charge is 2.29. The molecule has 30 heavy (non-hydrogen) atoms.